The van der Waals surface area contributed by atoms with Gasteiger partial charge in [0.05, 0.1) is 26.4 Å². The Hall–Kier alpha value is -1.99. The molecule has 1 saturated heterocycles. The fourth-order valence-corrected chi connectivity index (χ4v) is 2.66. The molecule has 1 aliphatic heterocycles. The van der Waals surface area contributed by atoms with Crippen LogP contribution in [0, 0.1) is 0 Å². The highest BCUT2D eigenvalue weighted by molar-refractivity contribution is 5.79. The zero-order chi connectivity index (χ0) is 19.3. The minimum Gasteiger partial charge on any atom is -0.497 e. The van der Waals surface area contributed by atoms with Crippen LogP contribution in [0.4, 0.5) is 0 Å². The first kappa shape index (κ1) is 21.3. The molecule has 0 bridgehead atoms. The van der Waals surface area contributed by atoms with Gasteiger partial charge in [0, 0.05) is 26.3 Å². The van der Waals surface area contributed by atoms with Gasteiger partial charge in [-0.05, 0) is 51.0 Å². The van der Waals surface area contributed by atoms with Gasteiger partial charge in [0.1, 0.15) is 17.6 Å². The number of methoxy groups -OCH3 is 1. The number of hydrogen-bond donors (Lipinski definition) is 2. The number of hydrogen-bond acceptors (Lipinski definition) is 5. The van der Waals surface area contributed by atoms with Gasteiger partial charge < -0.3 is 29.6 Å². The number of rotatable bonds is 11. The largest absolute Gasteiger partial charge is 0.497 e. The lowest BCUT2D eigenvalue weighted by Crippen LogP contribution is -2.39. The Kier molecular flexibility index (Phi) is 9.79. The molecule has 7 nitrogen and oxygen atoms in total. The third kappa shape index (κ3) is 8.49. The summed E-state index contributed by atoms with van der Waals surface area (Å²) in [5, 5.41) is 6.59. The van der Waals surface area contributed by atoms with Gasteiger partial charge in [-0.15, -0.1) is 0 Å². The predicted octanol–water partition coefficient (Wildman–Crippen LogP) is 2.21. The smallest absolute Gasteiger partial charge is 0.191 e. The third-order valence-corrected chi connectivity index (χ3v) is 4.10. The first-order valence-electron chi connectivity index (χ1n) is 9.73. The maximum absolute atomic E-state index is 5.89. The molecule has 1 fully saturated rings. The fraction of sp³-hybridized carbons (Fsp3) is 0.650. The number of nitrogens with one attached hydrogen (secondary N) is 2. The molecule has 1 heterocycles. The molecule has 0 spiro atoms. The van der Waals surface area contributed by atoms with Crippen molar-refractivity contribution < 1.29 is 18.9 Å². The monoisotopic (exact) mass is 379 g/mol. The highest BCUT2D eigenvalue weighted by Gasteiger charge is 2.15. The van der Waals surface area contributed by atoms with Gasteiger partial charge in [-0.2, -0.15) is 0 Å². The molecule has 2 unspecified atom stereocenters. The lowest BCUT2D eigenvalue weighted by molar-refractivity contribution is 0.0420. The van der Waals surface area contributed by atoms with Gasteiger partial charge in [-0.3, -0.25) is 0 Å². The maximum Gasteiger partial charge on any atom is 0.191 e. The fourth-order valence-electron chi connectivity index (χ4n) is 2.66. The van der Waals surface area contributed by atoms with E-state index in [1.54, 1.807) is 7.11 Å². The van der Waals surface area contributed by atoms with Crippen molar-refractivity contribution in [2.75, 3.05) is 46.6 Å². The quantitative estimate of drug-likeness (QED) is 0.349. The minimum absolute atomic E-state index is 0.0282. The van der Waals surface area contributed by atoms with Gasteiger partial charge >= 0.3 is 0 Å². The normalized spacial score (nSPS) is 18.2. The SMILES string of the molecule is CCNC(=NCC(C)Oc1ccc(OC)cc1)NCCCOC1CCOC1. The van der Waals surface area contributed by atoms with Crippen molar-refractivity contribution in [1.29, 1.82) is 0 Å². The van der Waals surface area contributed by atoms with E-state index in [1.807, 2.05) is 31.2 Å². The van der Waals surface area contributed by atoms with Crippen molar-refractivity contribution >= 4 is 5.96 Å². The Bertz CT molecular complexity index is 545. The first-order chi connectivity index (χ1) is 13.2. The topological polar surface area (TPSA) is 73.3 Å². The van der Waals surface area contributed by atoms with Crippen LogP contribution in [0.5, 0.6) is 11.5 Å². The van der Waals surface area contributed by atoms with E-state index in [1.165, 1.54) is 0 Å². The molecule has 2 N–H and O–H groups in total. The molecule has 2 atom stereocenters. The summed E-state index contributed by atoms with van der Waals surface area (Å²) in [6, 6.07) is 7.57. The number of ether oxygens (including phenoxy) is 4. The van der Waals surface area contributed by atoms with Crippen LogP contribution in [0.2, 0.25) is 0 Å². The van der Waals surface area contributed by atoms with Crippen LogP contribution in [0.1, 0.15) is 26.7 Å². The zero-order valence-electron chi connectivity index (χ0n) is 16.7. The Morgan fingerprint density at radius 1 is 1.26 bits per heavy atom. The summed E-state index contributed by atoms with van der Waals surface area (Å²) in [6.45, 7) is 8.53. The summed E-state index contributed by atoms with van der Waals surface area (Å²) >= 11 is 0. The van der Waals surface area contributed by atoms with E-state index in [0.717, 1.165) is 63.2 Å². The number of aliphatic imine (C=N–C) groups is 1. The standard InChI is InChI=1S/C20H33N3O4/c1-4-21-20(22-11-5-12-26-19-10-13-25-15-19)23-14-16(2)27-18-8-6-17(24-3)7-9-18/h6-9,16,19H,4-5,10-15H2,1-3H3,(H2,21,22,23). The average molecular weight is 380 g/mol. The van der Waals surface area contributed by atoms with E-state index >= 15 is 0 Å². The Morgan fingerprint density at radius 2 is 2.04 bits per heavy atom. The highest BCUT2D eigenvalue weighted by Crippen LogP contribution is 2.18. The molecular weight excluding hydrogens is 346 g/mol. The Morgan fingerprint density at radius 3 is 2.70 bits per heavy atom. The Labute approximate surface area is 162 Å². The molecule has 0 aliphatic carbocycles. The number of guanidine groups is 1. The molecule has 7 heteroatoms. The summed E-state index contributed by atoms with van der Waals surface area (Å²) in [5.41, 5.74) is 0. The van der Waals surface area contributed by atoms with E-state index in [2.05, 4.69) is 22.5 Å². The summed E-state index contributed by atoms with van der Waals surface area (Å²) in [5.74, 6) is 2.42. The highest BCUT2D eigenvalue weighted by atomic mass is 16.5. The number of nitrogens with zero attached hydrogens (tertiary/aromatic N) is 1. The van der Waals surface area contributed by atoms with Gasteiger partial charge in [-0.1, -0.05) is 0 Å². The number of benzene rings is 1. The van der Waals surface area contributed by atoms with Crippen molar-refractivity contribution in [2.45, 2.75) is 38.9 Å². The summed E-state index contributed by atoms with van der Waals surface area (Å²) < 4.78 is 22.1. The lowest BCUT2D eigenvalue weighted by atomic mass is 10.3. The predicted molar refractivity (Wildman–Crippen MR) is 107 cm³/mol. The molecule has 2 rings (SSSR count). The molecule has 1 aromatic rings. The molecule has 0 saturated carbocycles. The lowest BCUT2D eigenvalue weighted by Gasteiger charge is -2.16. The van der Waals surface area contributed by atoms with Crippen molar-refractivity contribution in [1.82, 2.24) is 10.6 Å². The molecule has 1 aliphatic rings. The maximum atomic E-state index is 5.89. The molecular formula is C20H33N3O4. The van der Waals surface area contributed by atoms with Crippen LogP contribution in [-0.4, -0.2) is 64.7 Å². The van der Waals surface area contributed by atoms with E-state index < -0.39 is 0 Å². The van der Waals surface area contributed by atoms with Gasteiger partial charge in [0.15, 0.2) is 5.96 Å². The van der Waals surface area contributed by atoms with Crippen LogP contribution in [-0.2, 0) is 9.47 Å². The minimum atomic E-state index is -0.0282. The molecule has 0 radical (unpaired) electrons. The molecule has 0 aromatic heterocycles. The second-order valence-corrected chi connectivity index (χ2v) is 6.46. The van der Waals surface area contributed by atoms with Crippen molar-refractivity contribution in [2.24, 2.45) is 4.99 Å². The van der Waals surface area contributed by atoms with Crippen LogP contribution in [0.25, 0.3) is 0 Å². The van der Waals surface area contributed by atoms with Gasteiger partial charge in [-0.25, -0.2) is 4.99 Å². The summed E-state index contributed by atoms with van der Waals surface area (Å²) in [6.07, 6.45) is 2.17. The van der Waals surface area contributed by atoms with Crippen LogP contribution in [0.15, 0.2) is 29.3 Å². The summed E-state index contributed by atoms with van der Waals surface area (Å²) in [7, 11) is 1.65. The van der Waals surface area contributed by atoms with Crippen LogP contribution in [0.3, 0.4) is 0 Å². The zero-order valence-corrected chi connectivity index (χ0v) is 16.7. The van der Waals surface area contributed by atoms with Crippen molar-refractivity contribution in [3.8, 4) is 11.5 Å². The van der Waals surface area contributed by atoms with E-state index in [9.17, 15) is 0 Å². The third-order valence-electron chi connectivity index (χ3n) is 4.10. The van der Waals surface area contributed by atoms with Crippen molar-refractivity contribution in [3.05, 3.63) is 24.3 Å². The van der Waals surface area contributed by atoms with Gasteiger partial charge in [0.25, 0.3) is 0 Å². The molecule has 152 valence electrons. The van der Waals surface area contributed by atoms with E-state index in [0.29, 0.717) is 6.54 Å². The second kappa shape index (κ2) is 12.4. The Balaban J connectivity index is 1.67. The van der Waals surface area contributed by atoms with E-state index in [-0.39, 0.29) is 12.2 Å². The molecule has 0 amide bonds. The van der Waals surface area contributed by atoms with Crippen LogP contribution >= 0.6 is 0 Å². The second-order valence-electron chi connectivity index (χ2n) is 6.46. The molecule has 27 heavy (non-hydrogen) atoms. The first-order valence-corrected chi connectivity index (χ1v) is 9.73. The van der Waals surface area contributed by atoms with Crippen molar-refractivity contribution in [3.63, 3.8) is 0 Å². The summed E-state index contributed by atoms with van der Waals surface area (Å²) in [4.78, 5) is 4.60. The molecule has 1 aromatic carbocycles. The van der Waals surface area contributed by atoms with Crippen LogP contribution < -0.4 is 20.1 Å². The van der Waals surface area contributed by atoms with Gasteiger partial charge in [0.2, 0.25) is 0 Å². The van der Waals surface area contributed by atoms with E-state index in [4.69, 9.17) is 18.9 Å². The average Bonchev–Trinajstić information content (AvgIpc) is 3.20.